The normalized spacial score (nSPS) is 20.6. The highest BCUT2D eigenvalue weighted by atomic mass is 32.2. The number of amides is 1. The molecule has 11 heteroatoms. The average molecular weight is 511 g/mol. The predicted molar refractivity (Wildman–Crippen MR) is 130 cm³/mol. The van der Waals surface area contributed by atoms with Gasteiger partial charge in [-0.05, 0) is 31.4 Å². The van der Waals surface area contributed by atoms with Crippen molar-refractivity contribution < 1.29 is 26.7 Å². The number of allylic oxidation sites excluding steroid dienone is 2. The maximum atomic E-state index is 13.6. The molecule has 3 aliphatic heterocycles. The summed E-state index contributed by atoms with van der Waals surface area (Å²) in [7, 11) is -3.55. The van der Waals surface area contributed by atoms with Gasteiger partial charge in [0, 0.05) is 49.6 Å². The Morgan fingerprint density at radius 1 is 0.971 bits per heavy atom. The lowest BCUT2D eigenvalue weighted by atomic mass is 10.1. The molecule has 192 valence electrons. The molecular formula is C24H32F2N4O4S. The van der Waals surface area contributed by atoms with Crippen molar-refractivity contribution in [3.63, 3.8) is 0 Å². The Balaban J connectivity index is 1.85. The minimum absolute atomic E-state index is 0.0740. The number of hydrogen-bond donors (Lipinski definition) is 2. The Kier molecular flexibility index (Phi) is 9.79. The smallest absolute Gasteiger partial charge is 0.293 e. The molecule has 35 heavy (non-hydrogen) atoms. The first kappa shape index (κ1) is 26.8. The molecule has 1 aromatic carbocycles. The van der Waals surface area contributed by atoms with Crippen molar-refractivity contribution in [3.8, 4) is 0 Å². The summed E-state index contributed by atoms with van der Waals surface area (Å²) in [5.41, 5.74) is 0.114. The van der Waals surface area contributed by atoms with Gasteiger partial charge in [-0.1, -0.05) is 31.8 Å². The molecule has 2 bridgehead atoms. The summed E-state index contributed by atoms with van der Waals surface area (Å²) in [5, 5.41) is 11.7. The lowest BCUT2D eigenvalue weighted by molar-refractivity contribution is -0.116. The molecule has 0 unspecified atom stereocenters. The largest absolute Gasteiger partial charge is 0.486 e. The number of piperazine rings is 1. The fourth-order valence-electron chi connectivity index (χ4n) is 4.07. The van der Waals surface area contributed by atoms with Crippen LogP contribution in [0.3, 0.4) is 0 Å². The highest BCUT2D eigenvalue weighted by Gasteiger charge is 2.29. The summed E-state index contributed by atoms with van der Waals surface area (Å²) in [6, 6.07) is 2.68. The molecule has 1 aromatic rings. The first-order valence-corrected chi connectivity index (χ1v) is 13.4. The van der Waals surface area contributed by atoms with E-state index in [1.165, 1.54) is 9.71 Å². The molecule has 1 amide bonds. The van der Waals surface area contributed by atoms with Crippen LogP contribution in [-0.2, 0) is 19.6 Å². The van der Waals surface area contributed by atoms with Gasteiger partial charge in [-0.3, -0.25) is 4.79 Å². The first-order valence-electron chi connectivity index (χ1n) is 11.9. The Hall–Kier alpha value is -2.79. The van der Waals surface area contributed by atoms with Crippen molar-refractivity contribution in [3.05, 3.63) is 52.8 Å². The summed E-state index contributed by atoms with van der Waals surface area (Å²) >= 11 is 0. The molecule has 0 radical (unpaired) electrons. The molecule has 1 fully saturated rings. The number of anilines is 1. The third-order valence-electron chi connectivity index (χ3n) is 5.91. The molecule has 0 aromatic heterocycles. The second kappa shape index (κ2) is 12.8. The van der Waals surface area contributed by atoms with Gasteiger partial charge in [0.15, 0.2) is 0 Å². The van der Waals surface area contributed by atoms with Gasteiger partial charge in [-0.25, -0.2) is 17.2 Å². The van der Waals surface area contributed by atoms with Crippen LogP contribution >= 0.6 is 0 Å². The number of benzene rings is 1. The number of carbonyl (C=O) groups is 1. The molecule has 3 heterocycles. The molecule has 4 rings (SSSR count). The number of carbonyl (C=O) groups excluding carboxylic acids is 1. The van der Waals surface area contributed by atoms with Crippen molar-refractivity contribution in [1.29, 1.82) is 5.41 Å². The molecule has 2 N–H and O–H groups in total. The van der Waals surface area contributed by atoms with Crippen LogP contribution < -0.4 is 5.32 Å². The van der Waals surface area contributed by atoms with E-state index in [-0.39, 0.29) is 49.9 Å². The zero-order valence-corrected chi connectivity index (χ0v) is 20.5. The number of hydrogen-bond acceptors (Lipinski definition) is 6. The van der Waals surface area contributed by atoms with Crippen LogP contribution in [0, 0.1) is 17.0 Å². The van der Waals surface area contributed by atoms with Gasteiger partial charge >= 0.3 is 0 Å². The summed E-state index contributed by atoms with van der Waals surface area (Å²) in [6.45, 7) is 1.13. The van der Waals surface area contributed by atoms with E-state index in [0.29, 0.717) is 12.5 Å². The van der Waals surface area contributed by atoms with E-state index in [1.807, 2.05) is 0 Å². The topological polar surface area (TPSA) is 103 Å². The van der Waals surface area contributed by atoms with Gasteiger partial charge in [0.05, 0.1) is 6.61 Å². The van der Waals surface area contributed by atoms with E-state index < -0.39 is 27.6 Å². The van der Waals surface area contributed by atoms with Crippen LogP contribution in [0.5, 0.6) is 0 Å². The van der Waals surface area contributed by atoms with Gasteiger partial charge in [0.25, 0.3) is 5.91 Å². The van der Waals surface area contributed by atoms with Gasteiger partial charge in [-0.2, -0.15) is 4.31 Å². The molecule has 0 aliphatic carbocycles. The second-order valence-electron chi connectivity index (χ2n) is 8.53. The summed E-state index contributed by atoms with van der Waals surface area (Å²) in [5.74, 6) is -2.54. The van der Waals surface area contributed by atoms with Crippen LogP contribution in [-0.4, -0.2) is 62.5 Å². The van der Waals surface area contributed by atoms with E-state index in [9.17, 15) is 22.0 Å². The molecule has 0 saturated carbocycles. The molecule has 3 aliphatic rings. The lowest BCUT2D eigenvalue weighted by Gasteiger charge is -2.35. The van der Waals surface area contributed by atoms with Gasteiger partial charge in [0.1, 0.15) is 17.3 Å². The van der Waals surface area contributed by atoms with Gasteiger partial charge < -0.3 is 20.4 Å². The van der Waals surface area contributed by atoms with Crippen LogP contribution in [0.25, 0.3) is 0 Å². The number of sulfonamides is 1. The predicted octanol–water partition coefficient (Wildman–Crippen LogP) is 3.99. The number of ether oxygens (including phenoxy) is 1. The van der Waals surface area contributed by atoms with Gasteiger partial charge in [-0.15, -0.1) is 0 Å². The van der Waals surface area contributed by atoms with Crippen LogP contribution in [0.1, 0.15) is 44.9 Å². The second-order valence-corrected chi connectivity index (χ2v) is 10.4. The van der Waals surface area contributed by atoms with E-state index in [4.69, 9.17) is 10.1 Å². The minimum atomic E-state index is -3.55. The van der Waals surface area contributed by atoms with Crippen LogP contribution in [0.4, 0.5) is 14.5 Å². The first-order chi connectivity index (χ1) is 16.8. The maximum Gasteiger partial charge on any atom is 0.293 e. The molecule has 0 atom stereocenters. The highest BCUT2D eigenvalue weighted by molar-refractivity contribution is 7.92. The van der Waals surface area contributed by atoms with Crippen molar-refractivity contribution in [2.45, 2.75) is 44.9 Å². The molecular weight excluding hydrogens is 478 g/mol. The van der Waals surface area contributed by atoms with Crippen molar-refractivity contribution >= 4 is 27.8 Å². The number of fused-ring (bicyclic) bond motifs is 13. The Morgan fingerprint density at radius 2 is 1.60 bits per heavy atom. The zero-order valence-electron chi connectivity index (χ0n) is 19.6. The van der Waals surface area contributed by atoms with Crippen molar-refractivity contribution in [2.75, 3.05) is 38.1 Å². The third-order valence-corrected chi connectivity index (χ3v) is 7.54. The molecule has 8 nitrogen and oxygen atoms in total. The standard InChI is InChI=1S/C24H32F2N4O4S/c25-19-15-20(26)17-21(16-19)28-24(31)23-22(18-27)29-9-11-30(12-10-29)35(32,33)14-8-6-4-2-1-3-5-7-13-34-23/h8,14-18,27H,1-7,9-13H2,(H,28,31). The SMILES string of the molecule is N=CC1=C(C(=O)Nc2cc(F)cc(F)c2)OCCCCCCCCC=CS(=O)(=O)N2CCN1CC2. The zero-order chi connectivity index (χ0) is 25.3. The summed E-state index contributed by atoms with van der Waals surface area (Å²) in [4.78, 5) is 14.8. The third kappa shape index (κ3) is 7.86. The van der Waals surface area contributed by atoms with E-state index in [0.717, 1.165) is 56.9 Å². The molecule has 1 saturated heterocycles. The minimum Gasteiger partial charge on any atom is -0.486 e. The quantitative estimate of drug-likeness (QED) is 0.599. The van der Waals surface area contributed by atoms with Crippen molar-refractivity contribution in [2.24, 2.45) is 0 Å². The number of halogens is 2. The fourth-order valence-corrected chi connectivity index (χ4v) is 5.30. The average Bonchev–Trinajstić information content (AvgIpc) is 2.80. The Labute approximate surface area is 205 Å². The number of nitrogens with one attached hydrogen (secondary N) is 2. The van der Waals surface area contributed by atoms with E-state index in [1.54, 1.807) is 11.0 Å². The van der Waals surface area contributed by atoms with Gasteiger partial charge in [0.2, 0.25) is 15.8 Å². The fraction of sp³-hybridized carbons (Fsp3) is 0.500. The highest BCUT2D eigenvalue weighted by Crippen LogP contribution is 2.20. The monoisotopic (exact) mass is 510 g/mol. The summed E-state index contributed by atoms with van der Waals surface area (Å²) < 4.78 is 59.7. The number of rotatable bonds is 3. The van der Waals surface area contributed by atoms with Crippen molar-refractivity contribution in [1.82, 2.24) is 9.21 Å². The van der Waals surface area contributed by atoms with Crippen LogP contribution in [0.2, 0.25) is 0 Å². The number of nitrogens with zero attached hydrogens (tertiary/aromatic N) is 2. The lowest BCUT2D eigenvalue weighted by Crippen LogP contribution is -2.48. The maximum absolute atomic E-state index is 13.6. The van der Waals surface area contributed by atoms with E-state index in [2.05, 4.69) is 5.32 Å². The molecule has 0 spiro atoms. The Bertz CT molecular complexity index is 1050. The Morgan fingerprint density at radius 3 is 2.26 bits per heavy atom. The van der Waals surface area contributed by atoms with E-state index >= 15 is 0 Å². The van der Waals surface area contributed by atoms with Crippen LogP contribution in [0.15, 0.2) is 41.1 Å². The summed E-state index contributed by atoms with van der Waals surface area (Å²) in [6.07, 6.45) is 8.94.